The maximum absolute atomic E-state index is 9.72. The van der Waals surface area contributed by atoms with E-state index in [2.05, 4.69) is 14.9 Å². The Hall–Kier alpha value is -1.36. The van der Waals surface area contributed by atoms with Gasteiger partial charge in [-0.25, -0.2) is 4.98 Å². The van der Waals surface area contributed by atoms with E-state index in [4.69, 9.17) is 5.73 Å². The predicted octanol–water partition coefficient (Wildman–Crippen LogP) is 0.551. The number of nitrogen functional groups attached to an aromatic ring is 1. The van der Waals surface area contributed by atoms with Crippen molar-refractivity contribution in [2.75, 3.05) is 10.6 Å². The van der Waals surface area contributed by atoms with Crippen molar-refractivity contribution in [2.45, 2.75) is 43.9 Å². The molecule has 0 aliphatic carbocycles. The maximum Gasteiger partial charge on any atom is 0.227 e. The summed E-state index contributed by atoms with van der Waals surface area (Å²) in [5.74, 6) is 1.23. The van der Waals surface area contributed by atoms with E-state index in [0.717, 1.165) is 31.6 Å². The Balaban J connectivity index is 1.91. The van der Waals surface area contributed by atoms with Crippen LogP contribution in [0.5, 0.6) is 0 Å². The predicted molar refractivity (Wildman–Crippen MR) is 61.0 cm³/mol. The van der Waals surface area contributed by atoms with Crippen LogP contribution in [0, 0.1) is 0 Å². The number of aliphatic hydroxyl groups excluding tert-OH is 1. The van der Waals surface area contributed by atoms with Gasteiger partial charge in [0.15, 0.2) is 0 Å². The first kappa shape index (κ1) is 9.84. The first-order chi connectivity index (χ1) is 7.74. The van der Waals surface area contributed by atoms with Crippen LogP contribution in [0.1, 0.15) is 25.7 Å². The summed E-state index contributed by atoms with van der Waals surface area (Å²) in [7, 11) is 0. The topological polar surface area (TPSA) is 75.3 Å². The number of piperidine rings is 1. The van der Waals surface area contributed by atoms with Crippen molar-refractivity contribution in [1.29, 1.82) is 0 Å². The van der Waals surface area contributed by atoms with Crippen LogP contribution in [0.4, 0.5) is 11.8 Å². The molecule has 0 amide bonds. The number of hydrogen-bond donors (Lipinski definition) is 2. The van der Waals surface area contributed by atoms with E-state index >= 15 is 0 Å². The summed E-state index contributed by atoms with van der Waals surface area (Å²) in [5.41, 5.74) is 5.68. The molecule has 0 radical (unpaired) electrons. The average molecular weight is 220 g/mol. The van der Waals surface area contributed by atoms with Gasteiger partial charge in [-0.05, 0) is 31.7 Å². The first-order valence-corrected chi connectivity index (χ1v) is 5.79. The Labute approximate surface area is 94.3 Å². The molecule has 16 heavy (non-hydrogen) atoms. The molecule has 2 unspecified atom stereocenters. The second kappa shape index (κ2) is 3.59. The second-order valence-electron chi connectivity index (χ2n) is 4.70. The van der Waals surface area contributed by atoms with Crippen LogP contribution in [-0.4, -0.2) is 33.3 Å². The van der Waals surface area contributed by atoms with Crippen molar-refractivity contribution in [3.8, 4) is 0 Å². The lowest BCUT2D eigenvalue weighted by Gasteiger charge is -2.37. The van der Waals surface area contributed by atoms with Crippen LogP contribution in [0.3, 0.4) is 0 Å². The van der Waals surface area contributed by atoms with Gasteiger partial charge in [0.05, 0.1) is 6.10 Å². The third-order valence-electron chi connectivity index (χ3n) is 3.60. The molecule has 2 atom stereocenters. The molecule has 2 aliphatic rings. The van der Waals surface area contributed by atoms with E-state index in [1.807, 2.05) is 0 Å². The minimum Gasteiger partial charge on any atom is -0.393 e. The lowest BCUT2D eigenvalue weighted by atomic mass is 10.0. The molecule has 0 aromatic carbocycles. The molecule has 3 heterocycles. The number of nitrogens with zero attached hydrogens (tertiary/aromatic N) is 3. The number of anilines is 2. The quantitative estimate of drug-likeness (QED) is 0.723. The van der Waals surface area contributed by atoms with Crippen molar-refractivity contribution in [1.82, 2.24) is 9.97 Å². The average Bonchev–Trinajstić information content (AvgIpc) is 2.51. The Kier molecular flexibility index (Phi) is 2.21. The highest BCUT2D eigenvalue weighted by Gasteiger charge is 2.41. The molecule has 2 aliphatic heterocycles. The van der Waals surface area contributed by atoms with Crippen LogP contribution < -0.4 is 10.6 Å². The number of hydrogen-bond acceptors (Lipinski definition) is 5. The number of aromatic nitrogens is 2. The molecule has 2 saturated heterocycles. The van der Waals surface area contributed by atoms with Gasteiger partial charge in [0.1, 0.15) is 5.82 Å². The van der Waals surface area contributed by atoms with Gasteiger partial charge < -0.3 is 15.7 Å². The summed E-state index contributed by atoms with van der Waals surface area (Å²) in [6, 6.07) is 2.47. The van der Waals surface area contributed by atoms with Gasteiger partial charge in [-0.1, -0.05) is 0 Å². The normalized spacial score (nSPS) is 33.1. The highest BCUT2D eigenvalue weighted by Crippen LogP contribution is 2.37. The van der Waals surface area contributed by atoms with E-state index in [9.17, 15) is 5.11 Å². The SMILES string of the molecule is Nc1ccnc(N2C3CCC2CC(O)C3)n1. The molecular weight excluding hydrogens is 204 g/mol. The lowest BCUT2D eigenvalue weighted by Crippen LogP contribution is -2.45. The molecule has 0 spiro atoms. The summed E-state index contributed by atoms with van der Waals surface area (Å²) in [6.45, 7) is 0. The van der Waals surface area contributed by atoms with Crippen LogP contribution in [-0.2, 0) is 0 Å². The molecule has 1 aromatic rings. The van der Waals surface area contributed by atoms with Gasteiger partial charge in [0, 0.05) is 18.3 Å². The van der Waals surface area contributed by atoms with Crippen molar-refractivity contribution in [3.63, 3.8) is 0 Å². The van der Waals surface area contributed by atoms with Gasteiger partial charge in [0.2, 0.25) is 5.95 Å². The molecule has 3 N–H and O–H groups in total. The number of aliphatic hydroxyl groups is 1. The minimum absolute atomic E-state index is 0.158. The van der Waals surface area contributed by atoms with E-state index in [1.165, 1.54) is 0 Å². The first-order valence-electron chi connectivity index (χ1n) is 5.79. The smallest absolute Gasteiger partial charge is 0.227 e. The van der Waals surface area contributed by atoms with Crippen molar-refractivity contribution < 1.29 is 5.11 Å². The fourth-order valence-electron chi connectivity index (χ4n) is 2.96. The third kappa shape index (κ3) is 1.51. The molecular formula is C11H16N4O. The largest absolute Gasteiger partial charge is 0.393 e. The summed E-state index contributed by atoms with van der Waals surface area (Å²) >= 11 is 0. The summed E-state index contributed by atoms with van der Waals surface area (Å²) in [4.78, 5) is 10.8. The van der Waals surface area contributed by atoms with Gasteiger partial charge in [0.25, 0.3) is 0 Å². The van der Waals surface area contributed by atoms with Gasteiger partial charge in [-0.3, -0.25) is 0 Å². The third-order valence-corrected chi connectivity index (χ3v) is 3.60. The summed E-state index contributed by atoms with van der Waals surface area (Å²) < 4.78 is 0. The monoisotopic (exact) mass is 220 g/mol. The zero-order valence-corrected chi connectivity index (χ0v) is 9.08. The van der Waals surface area contributed by atoms with E-state index < -0.39 is 0 Å². The molecule has 3 rings (SSSR count). The Morgan fingerprint density at radius 3 is 2.62 bits per heavy atom. The number of nitrogens with two attached hydrogens (primary N) is 1. The van der Waals surface area contributed by atoms with Gasteiger partial charge in [-0.15, -0.1) is 0 Å². The Morgan fingerprint density at radius 2 is 2.00 bits per heavy atom. The summed E-state index contributed by atoms with van der Waals surface area (Å²) in [6.07, 6.45) is 5.44. The van der Waals surface area contributed by atoms with Crippen LogP contribution in [0.25, 0.3) is 0 Å². The fourth-order valence-corrected chi connectivity index (χ4v) is 2.96. The van der Waals surface area contributed by atoms with Crippen LogP contribution >= 0.6 is 0 Å². The van der Waals surface area contributed by atoms with Gasteiger partial charge >= 0.3 is 0 Å². The fraction of sp³-hybridized carbons (Fsp3) is 0.636. The van der Waals surface area contributed by atoms with Gasteiger partial charge in [-0.2, -0.15) is 4.98 Å². The summed E-state index contributed by atoms with van der Waals surface area (Å²) in [5, 5.41) is 9.72. The second-order valence-corrected chi connectivity index (χ2v) is 4.70. The Bertz CT molecular complexity index is 383. The zero-order valence-electron chi connectivity index (χ0n) is 9.08. The van der Waals surface area contributed by atoms with Crippen molar-refractivity contribution in [2.24, 2.45) is 0 Å². The number of rotatable bonds is 1. The highest BCUT2D eigenvalue weighted by molar-refractivity contribution is 5.42. The zero-order chi connectivity index (χ0) is 11.1. The van der Waals surface area contributed by atoms with Crippen molar-refractivity contribution >= 4 is 11.8 Å². The molecule has 0 saturated carbocycles. The molecule has 1 aromatic heterocycles. The van der Waals surface area contributed by atoms with E-state index in [0.29, 0.717) is 17.9 Å². The maximum atomic E-state index is 9.72. The van der Waals surface area contributed by atoms with E-state index in [-0.39, 0.29) is 6.10 Å². The Morgan fingerprint density at radius 1 is 1.31 bits per heavy atom. The van der Waals surface area contributed by atoms with Crippen LogP contribution in [0.2, 0.25) is 0 Å². The van der Waals surface area contributed by atoms with Crippen molar-refractivity contribution in [3.05, 3.63) is 12.3 Å². The molecule has 2 bridgehead atoms. The lowest BCUT2D eigenvalue weighted by molar-refractivity contribution is 0.125. The minimum atomic E-state index is -0.158. The highest BCUT2D eigenvalue weighted by atomic mass is 16.3. The molecule has 5 nitrogen and oxygen atoms in total. The molecule has 86 valence electrons. The standard InChI is InChI=1S/C11H16N4O/c12-10-3-4-13-11(14-10)15-7-1-2-8(15)6-9(16)5-7/h3-4,7-9,16H,1-2,5-6H2,(H2,12,13,14). The molecule has 5 heteroatoms. The number of fused-ring (bicyclic) bond motifs is 2. The van der Waals surface area contributed by atoms with Crippen LogP contribution in [0.15, 0.2) is 12.3 Å². The van der Waals surface area contributed by atoms with E-state index in [1.54, 1.807) is 12.3 Å². The molecule has 2 fully saturated rings.